The van der Waals surface area contributed by atoms with Gasteiger partial charge in [0.05, 0.1) is 23.3 Å². The fourth-order valence-electron chi connectivity index (χ4n) is 2.82. The predicted octanol–water partition coefficient (Wildman–Crippen LogP) is 1.09. The molecular formula is C19H24N6O2. The van der Waals surface area contributed by atoms with Crippen molar-refractivity contribution in [3.63, 3.8) is 0 Å². The highest BCUT2D eigenvalue weighted by atomic mass is 16.1. The summed E-state index contributed by atoms with van der Waals surface area (Å²) in [5.41, 5.74) is 0.0351. The Hall–Kier alpha value is -3.00. The quantitative estimate of drug-likeness (QED) is 0.701. The van der Waals surface area contributed by atoms with Crippen molar-refractivity contribution in [3.8, 4) is 0 Å². The van der Waals surface area contributed by atoms with E-state index in [-0.39, 0.29) is 11.1 Å². The third-order valence-corrected chi connectivity index (χ3v) is 4.51. The molecule has 0 aliphatic carbocycles. The lowest BCUT2D eigenvalue weighted by Crippen LogP contribution is -2.32. The average Bonchev–Trinajstić information content (AvgIpc) is 2.65. The van der Waals surface area contributed by atoms with E-state index in [0.29, 0.717) is 23.6 Å². The van der Waals surface area contributed by atoms with Crippen molar-refractivity contribution in [1.29, 1.82) is 0 Å². The molecule has 8 heteroatoms. The number of H-pyrrole nitrogens is 1. The Bertz CT molecular complexity index is 1060. The van der Waals surface area contributed by atoms with Crippen LogP contribution < -0.4 is 16.0 Å². The summed E-state index contributed by atoms with van der Waals surface area (Å²) in [5, 5.41) is 5.65. The molecule has 1 atom stereocenters. The minimum Gasteiger partial charge on any atom is -0.344 e. The number of nitrogens with one attached hydrogen (secondary N) is 1. The summed E-state index contributed by atoms with van der Waals surface area (Å²) in [6, 6.07) is 8.26. The van der Waals surface area contributed by atoms with Crippen LogP contribution in [0, 0.1) is 0 Å². The number of hydrogen-bond donors (Lipinski definition) is 1. The van der Waals surface area contributed by atoms with Gasteiger partial charge in [0.25, 0.3) is 11.1 Å². The molecule has 0 fully saturated rings. The van der Waals surface area contributed by atoms with E-state index < -0.39 is 6.04 Å². The van der Waals surface area contributed by atoms with E-state index in [9.17, 15) is 9.59 Å². The molecule has 0 bridgehead atoms. The first-order chi connectivity index (χ1) is 12.9. The number of benzene rings is 1. The first-order valence-electron chi connectivity index (χ1n) is 8.80. The summed E-state index contributed by atoms with van der Waals surface area (Å²) in [4.78, 5) is 36.2. The molecule has 1 N–H and O–H groups in total. The molecule has 0 aliphatic rings. The molecule has 0 amide bonds. The molecular weight excluding hydrogens is 344 g/mol. The van der Waals surface area contributed by atoms with Gasteiger partial charge in [-0.1, -0.05) is 18.2 Å². The fraction of sp³-hybridized carbons (Fsp3) is 0.368. The maximum atomic E-state index is 12.8. The zero-order chi connectivity index (χ0) is 19.6. The van der Waals surface area contributed by atoms with Crippen LogP contribution in [0.25, 0.3) is 10.8 Å². The molecule has 0 saturated carbocycles. The lowest BCUT2D eigenvalue weighted by atomic mass is 10.2. The molecule has 0 unspecified atom stereocenters. The van der Waals surface area contributed by atoms with Gasteiger partial charge in [-0.15, -0.1) is 0 Å². The standard InChI is InChI=1S/C19H24N6O2/c1-13(25-18(27)15-8-6-5-7-14(15)12-20-25)16-11-17(26)22-19(21-16)24(4)10-9-23(2)3/h5-8,11-13H,9-10H2,1-4H3,(H,21,22,26)/t13-/m0/s1. The number of fused-ring (bicyclic) bond motifs is 1. The van der Waals surface area contributed by atoms with E-state index in [0.717, 1.165) is 11.9 Å². The summed E-state index contributed by atoms with van der Waals surface area (Å²) >= 11 is 0. The number of hydrogen-bond acceptors (Lipinski definition) is 6. The Labute approximate surface area is 157 Å². The van der Waals surface area contributed by atoms with Crippen molar-refractivity contribution in [2.45, 2.75) is 13.0 Å². The van der Waals surface area contributed by atoms with Crippen molar-refractivity contribution < 1.29 is 0 Å². The third kappa shape index (κ3) is 4.06. The van der Waals surface area contributed by atoms with Crippen molar-refractivity contribution in [1.82, 2.24) is 24.6 Å². The Morgan fingerprint density at radius 2 is 1.89 bits per heavy atom. The van der Waals surface area contributed by atoms with Crippen molar-refractivity contribution in [3.05, 3.63) is 62.9 Å². The van der Waals surface area contributed by atoms with Crippen LogP contribution in [0.4, 0.5) is 5.95 Å². The van der Waals surface area contributed by atoms with Crippen LogP contribution in [0.2, 0.25) is 0 Å². The number of likely N-dealkylation sites (N-methyl/N-ethyl adjacent to an activating group) is 2. The third-order valence-electron chi connectivity index (χ3n) is 4.51. The van der Waals surface area contributed by atoms with Crippen molar-refractivity contribution in [2.24, 2.45) is 0 Å². The monoisotopic (exact) mass is 368 g/mol. The summed E-state index contributed by atoms with van der Waals surface area (Å²) in [6.07, 6.45) is 1.66. The summed E-state index contributed by atoms with van der Waals surface area (Å²) in [5.74, 6) is 0.472. The second-order valence-electron chi connectivity index (χ2n) is 6.88. The molecule has 2 aromatic heterocycles. The molecule has 27 heavy (non-hydrogen) atoms. The second kappa shape index (κ2) is 7.71. The first kappa shape index (κ1) is 18.8. The van der Waals surface area contributed by atoms with Gasteiger partial charge in [-0.25, -0.2) is 9.67 Å². The van der Waals surface area contributed by atoms with Gasteiger partial charge in [0.15, 0.2) is 0 Å². The van der Waals surface area contributed by atoms with Crippen LogP contribution in [0.15, 0.2) is 46.1 Å². The predicted molar refractivity (Wildman–Crippen MR) is 106 cm³/mol. The minimum absolute atomic E-state index is 0.204. The normalized spacial score (nSPS) is 12.5. The summed E-state index contributed by atoms with van der Waals surface area (Å²) < 4.78 is 1.37. The number of anilines is 1. The van der Waals surface area contributed by atoms with E-state index in [2.05, 4.69) is 20.0 Å². The van der Waals surface area contributed by atoms with Crippen LogP contribution in [-0.2, 0) is 0 Å². The van der Waals surface area contributed by atoms with Gasteiger partial charge >= 0.3 is 0 Å². The van der Waals surface area contributed by atoms with Crippen LogP contribution in [0.3, 0.4) is 0 Å². The van der Waals surface area contributed by atoms with Crippen molar-refractivity contribution >= 4 is 16.7 Å². The maximum absolute atomic E-state index is 12.8. The largest absolute Gasteiger partial charge is 0.344 e. The van der Waals surface area contributed by atoms with Gasteiger partial charge in [0.2, 0.25) is 5.95 Å². The number of aromatic nitrogens is 4. The molecule has 2 heterocycles. The Morgan fingerprint density at radius 1 is 1.15 bits per heavy atom. The zero-order valence-corrected chi connectivity index (χ0v) is 16.0. The fourth-order valence-corrected chi connectivity index (χ4v) is 2.82. The first-order valence-corrected chi connectivity index (χ1v) is 8.80. The van der Waals surface area contributed by atoms with Gasteiger partial charge in [-0.2, -0.15) is 5.10 Å². The van der Waals surface area contributed by atoms with Gasteiger partial charge < -0.3 is 9.80 Å². The van der Waals surface area contributed by atoms with E-state index in [1.807, 2.05) is 51.2 Å². The van der Waals surface area contributed by atoms with Gasteiger partial charge in [0.1, 0.15) is 0 Å². The lowest BCUT2D eigenvalue weighted by Gasteiger charge is -2.21. The topological polar surface area (TPSA) is 87.1 Å². The van der Waals surface area contributed by atoms with E-state index >= 15 is 0 Å². The second-order valence-corrected chi connectivity index (χ2v) is 6.88. The molecule has 1 aromatic carbocycles. The molecule has 3 rings (SSSR count). The molecule has 0 saturated heterocycles. The average molecular weight is 368 g/mol. The Kier molecular flexibility index (Phi) is 5.36. The lowest BCUT2D eigenvalue weighted by molar-refractivity contribution is 0.415. The molecule has 0 aliphatic heterocycles. The van der Waals surface area contributed by atoms with Gasteiger partial charge in [-0.05, 0) is 27.1 Å². The minimum atomic E-state index is -0.467. The smallest absolute Gasteiger partial charge is 0.275 e. The van der Waals surface area contributed by atoms with E-state index in [4.69, 9.17) is 0 Å². The SMILES string of the molecule is C[C@@H](c1cc(=O)[nH]c(N(C)CCN(C)C)n1)n1ncc2ccccc2c1=O. The molecule has 0 spiro atoms. The zero-order valence-electron chi connectivity index (χ0n) is 16.0. The van der Waals surface area contributed by atoms with Crippen LogP contribution in [0.5, 0.6) is 0 Å². The highest BCUT2D eigenvalue weighted by Gasteiger charge is 2.16. The maximum Gasteiger partial charge on any atom is 0.275 e. The molecule has 3 aromatic rings. The van der Waals surface area contributed by atoms with E-state index in [1.54, 1.807) is 12.3 Å². The van der Waals surface area contributed by atoms with Crippen LogP contribution in [0.1, 0.15) is 18.7 Å². The molecule has 142 valence electrons. The van der Waals surface area contributed by atoms with Crippen molar-refractivity contribution in [2.75, 3.05) is 39.1 Å². The Morgan fingerprint density at radius 3 is 2.63 bits per heavy atom. The number of nitrogens with zero attached hydrogens (tertiary/aromatic N) is 5. The molecule has 8 nitrogen and oxygen atoms in total. The van der Waals surface area contributed by atoms with Crippen LogP contribution >= 0.6 is 0 Å². The highest BCUT2D eigenvalue weighted by Crippen LogP contribution is 2.15. The van der Waals surface area contributed by atoms with E-state index in [1.165, 1.54) is 10.7 Å². The number of rotatable bonds is 6. The summed E-state index contributed by atoms with van der Waals surface area (Å²) in [6.45, 7) is 3.35. The Balaban J connectivity index is 1.98. The van der Waals surface area contributed by atoms with Gasteiger partial charge in [-0.3, -0.25) is 14.6 Å². The van der Waals surface area contributed by atoms with Crippen LogP contribution in [-0.4, -0.2) is 58.9 Å². The summed E-state index contributed by atoms with van der Waals surface area (Å²) in [7, 11) is 5.84. The highest BCUT2D eigenvalue weighted by molar-refractivity contribution is 5.80. The number of aromatic amines is 1. The van der Waals surface area contributed by atoms with Gasteiger partial charge in [0, 0.05) is 31.6 Å². The molecule has 0 radical (unpaired) electrons.